The van der Waals surface area contributed by atoms with Gasteiger partial charge in [-0.05, 0) is 35.6 Å². The van der Waals surface area contributed by atoms with Crippen molar-refractivity contribution < 1.29 is 4.39 Å². The molecule has 0 radical (unpaired) electrons. The summed E-state index contributed by atoms with van der Waals surface area (Å²) in [5, 5.41) is 3.36. The molecular weight excluding hydrogens is 329 g/mol. The fourth-order valence-electron chi connectivity index (χ4n) is 2.35. The van der Waals surface area contributed by atoms with Crippen molar-refractivity contribution in [3.8, 4) is 0 Å². The molecule has 0 aliphatic carbocycles. The van der Waals surface area contributed by atoms with Gasteiger partial charge in [0, 0.05) is 4.47 Å². The second-order valence-corrected chi connectivity index (χ2v) is 7.41. The van der Waals surface area contributed by atoms with Crippen molar-refractivity contribution in [2.24, 2.45) is 5.41 Å². The predicted molar refractivity (Wildman–Crippen MR) is 91.0 cm³/mol. The molecule has 0 saturated carbocycles. The standard InChI is InChI=1S/C18H21BrFN/c1-18(2,3)12-17(13-7-5-4-6-8-13)21-16-11-14(19)9-10-15(16)20/h4-11,17,21H,12H2,1-3H3. The highest BCUT2D eigenvalue weighted by Crippen LogP contribution is 2.33. The van der Waals surface area contributed by atoms with E-state index < -0.39 is 0 Å². The maximum Gasteiger partial charge on any atom is 0.146 e. The average molecular weight is 350 g/mol. The van der Waals surface area contributed by atoms with Crippen LogP contribution in [-0.4, -0.2) is 0 Å². The van der Waals surface area contributed by atoms with Gasteiger partial charge in [0.2, 0.25) is 0 Å². The Morgan fingerprint density at radius 3 is 2.38 bits per heavy atom. The third-order valence-electron chi connectivity index (χ3n) is 3.28. The van der Waals surface area contributed by atoms with Crippen LogP contribution in [-0.2, 0) is 0 Å². The molecular formula is C18H21BrFN. The predicted octanol–water partition coefficient (Wildman–Crippen LogP) is 6.18. The molecule has 1 unspecified atom stereocenters. The Bertz CT molecular complexity index is 590. The van der Waals surface area contributed by atoms with Gasteiger partial charge in [0.1, 0.15) is 5.82 Å². The Hall–Kier alpha value is -1.35. The molecule has 0 saturated heterocycles. The van der Waals surface area contributed by atoms with Crippen molar-refractivity contribution in [2.75, 3.05) is 5.32 Å². The maximum absolute atomic E-state index is 14.0. The summed E-state index contributed by atoms with van der Waals surface area (Å²) in [5.41, 5.74) is 1.85. The van der Waals surface area contributed by atoms with Crippen molar-refractivity contribution in [1.29, 1.82) is 0 Å². The van der Waals surface area contributed by atoms with Gasteiger partial charge in [-0.3, -0.25) is 0 Å². The summed E-state index contributed by atoms with van der Waals surface area (Å²) < 4.78 is 14.9. The molecule has 0 aliphatic heterocycles. The van der Waals surface area contributed by atoms with E-state index >= 15 is 0 Å². The normalized spacial score (nSPS) is 13.0. The van der Waals surface area contributed by atoms with Crippen molar-refractivity contribution in [2.45, 2.75) is 33.2 Å². The molecule has 2 aromatic carbocycles. The monoisotopic (exact) mass is 349 g/mol. The molecule has 0 bridgehead atoms. The van der Waals surface area contributed by atoms with Crippen molar-refractivity contribution in [1.82, 2.24) is 0 Å². The summed E-state index contributed by atoms with van der Waals surface area (Å²) in [7, 11) is 0. The van der Waals surface area contributed by atoms with Crippen LogP contribution >= 0.6 is 15.9 Å². The largest absolute Gasteiger partial charge is 0.376 e. The van der Waals surface area contributed by atoms with Crippen LogP contribution in [0.2, 0.25) is 0 Å². The number of halogens is 2. The Morgan fingerprint density at radius 1 is 1.10 bits per heavy atom. The minimum Gasteiger partial charge on any atom is -0.376 e. The highest BCUT2D eigenvalue weighted by atomic mass is 79.9. The molecule has 2 rings (SSSR count). The lowest BCUT2D eigenvalue weighted by Gasteiger charge is -2.28. The van der Waals surface area contributed by atoms with Crippen molar-refractivity contribution in [3.63, 3.8) is 0 Å². The smallest absolute Gasteiger partial charge is 0.146 e. The fourth-order valence-corrected chi connectivity index (χ4v) is 2.71. The number of nitrogens with one attached hydrogen (secondary N) is 1. The summed E-state index contributed by atoms with van der Waals surface area (Å²) >= 11 is 3.40. The lowest BCUT2D eigenvalue weighted by Crippen LogP contribution is -2.19. The summed E-state index contributed by atoms with van der Waals surface area (Å²) in [5.74, 6) is -0.229. The van der Waals surface area contributed by atoms with E-state index in [1.54, 1.807) is 12.1 Å². The zero-order chi connectivity index (χ0) is 15.5. The molecule has 112 valence electrons. The SMILES string of the molecule is CC(C)(C)CC(Nc1cc(Br)ccc1F)c1ccccc1. The first-order valence-corrected chi connectivity index (χ1v) is 7.91. The second-order valence-electron chi connectivity index (χ2n) is 6.50. The van der Waals surface area contributed by atoms with E-state index in [-0.39, 0.29) is 17.3 Å². The number of benzene rings is 2. The quantitative estimate of drug-likeness (QED) is 0.694. The zero-order valence-electron chi connectivity index (χ0n) is 12.7. The van der Waals surface area contributed by atoms with Crippen LogP contribution in [0.1, 0.15) is 38.8 Å². The van der Waals surface area contributed by atoms with Gasteiger partial charge in [-0.25, -0.2) is 4.39 Å². The van der Waals surface area contributed by atoms with Crippen LogP contribution in [0.3, 0.4) is 0 Å². The van der Waals surface area contributed by atoms with E-state index in [9.17, 15) is 4.39 Å². The van der Waals surface area contributed by atoms with Crippen molar-refractivity contribution >= 4 is 21.6 Å². The third-order valence-corrected chi connectivity index (χ3v) is 3.77. The van der Waals surface area contributed by atoms with Crippen LogP contribution in [0.15, 0.2) is 53.0 Å². The molecule has 0 aliphatic rings. The average Bonchev–Trinajstić information content (AvgIpc) is 2.42. The van der Waals surface area contributed by atoms with E-state index in [1.165, 1.54) is 11.6 Å². The van der Waals surface area contributed by atoms with Gasteiger partial charge in [0.15, 0.2) is 0 Å². The topological polar surface area (TPSA) is 12.0 Å². The lowest BCUT2D eigenvalue weighted by molar-refractivity contribution is 0.352. The van der Waals surface area contributed by atoms with E-state index in [1.807, 2.05) is 18.2 Å². The maximum atomic E-state index is 14.0. The molecule has 3 heteroatoms. The Balaban J connectivity index is 2.30. The minimum absolute atomic E-state index is 0.0787. The van der Waals surface area contributed by atoms with Gasteiger partial charge in [-0.2, -0.15) is 0 Å². The Labute approximate surface area is 134 Å². The summed E-state index contributed by atoms with van der Waals surface area (Å²) in [6.45, 7) is 6.59. The summed E-state index contributed by atoms with van der Waals surface area (Å²) in [6.07, 6.45) is 0.920. The molecule has 1 atom stereocenters. The van der Waals surface area contributed by atoms with E-state index in [4.69, 9.17) is 0 Å². The van der Waals surface area contributed by atoms with E-state index in [0.29, 0.717) is 5.69 Å². The van der Waals surface area contributed by atoms with Crippen LogP contribution < -0.4 is 5.32 Å². The molecule has 0 heterocycles. The van der Waals surface area contributed by atoms with Crippen LogP contribution in [0.5, 0.6) is 0 Å². The fraction of sp³-hybridized carbons (Fsp3) is 0.333. The molecule has 2 aromatic rings. The molecule has 0 amide bonds. The molecule has 1 nitrogen and oxygen atoms in total. The molecule has 1 N–H and O–H groups in total. The number of hydrogen-bond donors (Lipinski definition) is 1. The van der Waals surface area contributed by atoms with E-state index in [2.05, 4.69) is 54.2 Å². The molecule has 0 spiro atoms. The number of rotatable bonds is 4. The Morgan fingerprint density at radius 2 is 1.76 bits per heavy atom. The second kappa shape index (κ2) is 6.61. The highest BCUT2D eigenvalue weighted by molar-refractivity contribution is 9.10. The van der Waals surface area contributed by atoms with Gasteiger partial charge < -0.3 is 5.32 Å². The van der Waals surface area contributed by atoms with Gasteiger partial charge >= 0.3 is 0 Å². The van der Waals surface area contributed by atoms with Gasteiger partial charge in [-0.1, -0.05) is 67.0 Å². The first-order valence-electron chi connectivity index (χ1n) is 7.12. The third kappa shape index (κ3) is 4.85. The zero-order valence-corrected chi connectivity index (χ0v) is 14.2. The lowest BCUT2D eigenvalue weighted by atomic mass is 9.85. The minimum atomic E-state index is -0.229. The molecule has 0 fully saturated rings. The van der Waals surface area contributed by atoms with Gasteiger partial charge in [-0.15, -0.1) is 0 Å². The van der Waals surface area contributed by atoms with Gasteiger partial charge in [0.05, 0.1) is 11.7 Å². The van der Waals surface area contributed by atoms with Gasteiger partial charge in [0.25, 0.3) is 0 Å². The number of hydrogen-bond acceptors (Lipinski definition) is 1. The first kappa shape index (κ1) is 16.0. The summed E-state index contributed by atoms with van der Waals surface area (Å²) in [4.78, 5) is 0. The molecule has 0 aromatic heterocycles. The summed E-state index contributed by atoms with van der Waals surface area (Å²) in [6, 6.07) is 15.3. The van der Waals surface area contributed by atoms with Crippen LogP contribution in [0.25, 0.3) is 0 Å². The van der Waals surface area contributed by atoms with Crippen LogP contribution in [0.4, 0.5) is 10.1 Å². The molecule has 21 heavy (non-hydrogen) atoms. The Kier molecular flexibility index (Phi) is 5.04. The van der Waals surface area contributed by atoms with Crippen LogP contribution in [0, 0.1) is 11.2 Å². The van der Waals surface area contributed by atoms with Crippen molar-refractivity contribution in [3.05, 3.63) is 64.4 Å². The van der Waals surface area contributed by atoms with E-state index in [0.717, 1.165) is 10.9 Å². The first-order chi connectivity index (χ1) is 9.85. The number of anilines is 1. The highest BCUT2D eigenvalue weighted by Gasteiger charge is 2.21.